The van der Waals surface area contributed by atoms with Gasteiger partial charge in [-0.2, -0.15) is 0 Å². The summed E-state index contributed by atoms with van der Waals surface area (Å²) in [5.41, 5.74) is 2.65. The first-order chi connectivity index (χ1) is 19.2. The molecule has 40 heavy (non-hydrogen) atoms. The smallest absolute Gasteiger partial charge is 0.243 e. The van der Waals surface area contributed by atoms with E-state index in [0.29, 0.717) is 28.6 Å². The maximum atomic E-state index is 13.8. The van der Waals surface area contributed by atoms with Gasteiger partial charge >= 0.3 is 0 Å². The number of para-hydroxylation sites is 1. The SMILES string of the molecule is COc1cccc(OC)c1-n1c(NS(=O)(=O)C(C)C(OCCO)c2ncc(C)cn2)nnc1-c1cncc(C)c1. The summed E-state index contributed by atoms with van der Waals surface area (Å²) >= 11 is 0. The number of aliphatic hydroxyl groups excluding tert-OH is 1. The molecular formula is C26H31N7O6S. The standard InChI is InChI=1S/C26H31N7O6S/c1-16-11-19(15-27-12-16)25-30-31-26(33(25)22-20(37-4)7-6-8-21(22)38-5)32-40(35,36)18(3)23(39-10-9-34)24-28-13-17(2)14-29-24/h6-8,11-15,18,23,34H,9-10H2,1-5H3,(H,31,32). The molecule has 0 bridgehead atoms. The fraction of sp³-hybridized carbons (Fsp3) is 0.346. The average molecular weight is 570 g/mol. The predicted octanol–water partition coefficient (Wildman–Crippen LogP) is 2.63. The van der Waals surface area contributed by atoms with Gasteiger partial charge in [-0.15, -0.1) is 10.2 Å². The number of aryl methyl sites for hydroxylation is 2. The van der Waals surface area contributed by atoms with Crippen molar-refractivity contribution in [2.45, 2.75) is 32.1 Å². The lowest BCUT2D eigenvalue weighted by Gasteiger charge is -2.24. The first-order valence-corrected chi connectivity index (χ1v) is 13.9. The van der Waals surface area contributed by atoms with E-state index in [-0.39, 0.29) is 25.0 Å². The molecular weight excluding hydrogens is 538 g/mol. The van der Waals surface area contributed by atoms with Gasteiger partial charge in [0.2, 0.25) is 16.0 Å². The number of aliphatic hydroxyl groups is 1. The Balaban J connectivity index is 1.83. The van der Waals surface area contributed by atoms with Crippen LogP contribution in [-0.4, -0.2) is 75.9 Å². The molecule has 0 saturated carbocycles. The van der Waals surface area contributed by atoms with Crippen LogP contribution in [0, 0.1) is 13.8 Å². The van der Waals surface area contributed by atoms with Crippen molar-refractivity contribution in [1.82, 2.24) is 29.7 Å². The highest BCUT2D eigenvalue weighted by molar-refractivity contribution is 7.93. The van der Waals surface area contributed by atoms with Crippen LogP contribution in [0.1, 0.15) is 30.0 Å². The van der Waals surface area contributed by atoms with Gasteiger partial charge < -0.3 is 19.3 Å². The number of sulfonamides is 1. The zero-order valence-corrected chi connectivity index (χ0v) is 23.6. The minimum atomic E-state index is -4.21. The van der Waals surface area contributed by atoms with Crippen molar-refractivity contribution in [3.05, 3.63) is 66.0 Å². The number of pyridine rings is 1. The zero-order chi connectivity index (χ0) is 28.9. The number of ether oxygens (including phenoxy) is 3. The largest absolute Gasteiger partial charge is 0.494 e. The van der Waals surface area contributed by atoms with Crippen molar-refractivity contribution in [3.63, 3.8) is 0 Å². The van der Waals surface area contributed by atoms with Crippen molar-refractivity contribution in [2.75, 3.05) is 32.2 Å². The van der Waals surface area contributed by atoms with Crippen molar-refractivity contribution >= 4 is 16.0 Å². The Morgan fingerprint density at radius 1 is 1.00 bits per heavy atom. The number of nitrogens with one attached hydrogen (secondary N) is 1. The molecule has 0 aliphatic carbocycles. The van der Waals surface area contributed by atoms with Gasteiger partial charge in [0.15, 0.2) is 11.6 Å². The van der Waals surface area contributed by atoms with E-state index >= 15 is 0 Å². The molecule has 2 N–H and O–H groups in total. The van der Waals surface area contributed by atoms with Crippen LogP contribution in [0.2, 0.25) is 0 Å². The first-order valence-electron chi connectivity index (χ1n) is 12.3. The number of hydrogen-bond donors (Lipinski definition) is 2. The van der Waals surface area contributed by atoms with Gasteiger partial charge in [-0.3, -0.25) is 14.3 Å². The molecule has 2 unspecified atom stereocenters. The van der Waals surface area contributed by atoms with Crippen molar-refractivity contribution < 1.29 is 27.7 Å². The molecule has 0 spiro atoms. The van der Waals surface area contributed by atoms with Crippen LogP contribution in [0.4, 0.5) is 5.95 Å². The topological polar surface area (TPSA) is 163 Å². The molecule has 1 aromatic carbocycles. The summed E-state index contributed by atoms with van der Waals surface area (Å²) < 4.78 is 48.5. The molecule has 2 atom stereocenters. The van der Waals surface area contributed by atoms with Crippen molar-refractivity contribution in [1.29, 1.82) is 0 Å². The number of rotatable bonds is 12. The third-order valence-electron chi connectivity index (χ3n) is 6.02. The molecule has 3 heterocycles. The molecule has 0 fully saturated rings. The lowest BCUT2D eigenvalue weighted by atomic mass is 10.2. The molecule has 4 aromatic rings. The van der Waals surface area contributed by atoms with E-state index in [1.54, 1.807) is 43.0 Å². The normalized spacial score (nSPS) is 13.1. The Kier molecular flexibility index (Phi) is 8.92. The van der Waals surface area contributed by atoms with E-state index in [0.717, 1.165) is 11.1 Å². The number of hydrogen-bond acceptors (Lipinski definition) is 11. The second-order valence-corrected chi connectivity index (χ2v) is 11.0. The lowest BCUT2D eigenvalue weighted by molar-refractivity contribution is 0.0227. The highest BCUT2D eigenvalue weighted by Crippen LogP contribution is 2.38. The number of benzene rings is 1. The van der Waals surface area contributed by atoms with Gasteiger partial charge in [-0.05, 0) is 50.1 Å². The van der Waals surface area contributed by atoms with Crippen molar-refractivity contribution in [3.8, 4) is 28.6 Å². The molecule has 4 rings (SSSR count). The average Bonchev–Trinajstić information content (AvgIpc) is 3.35. The molecule has 212 valence electrons. The zero-order valence-electron chi connectivity index (χ0n) is 22.8. The van der Waals surface area contributed by atoms with Gasteiger partial charge in [0.25, 0.3) is 0 Å². The second kappa shape index (κ2) is 12.4. The molecule has 14 heteroatoms. The minimum Gasteiger partial charge on any atom is -0.494 e. The molecule has 13 nitrogen and oxygen atoms in total. The summed E-state index contributed by atoms with van der Waals surface area (Å²) in [6.45, 7) is 4.74. The maximum Gasteiger partial charge on any atom is 0.243 e. The van der Waals surface area contributed by atoms with E-state index < -0.39 is 21.4 Å². The summed E-state index contributed by atoms with van der Waals surface area (Å²) in [4.78, 5) is 12.8. The minimum absolute atomic E-state index is 0.110. The van der Waals surface area contributed by atoms with E-state index in [1.807, 2.05) is 19.9 Å². The van der Waals surface area contributed by atoms with Gasteiger partial charge in [0, 0.05) is 30.4 Å². The molecule has 0 saturated heterocycles. The van der Waals surface area contributed by atoms with Crippen LogP contribution < -0.4 is 14.2 Å². The Labute approximate surface area is 232 Å². The van der Waals surface area contributed by atoms with Gasteiger partial charge in [-0.25, -0.2) is 18.4 Å². The van der Waals surface area contributed by atoms with Crippen LogP contribution >= 0.6 is 0 Å². The summed E-state index contributed by atoms with van der Waals surface area (Å²) in [5, 5.41) is 16.6. The number of nitrogens with zero attached hydrogens (tertiary/aromatic N) is 6. The number of aromatic nitrogens is 6. The van der Waals surface area contributed by atoms with Crippen LogP contribution in [0.3, 0.4) is 0 Å². The summed E-state index contributed by atoms with van der Waals surface area (Å²) in [7, 11) is -1.22. The van der Waals surface area contributed by atoms with Crippen LogP contribution in [0.15, 0.2) is 49.1 Å². The molecule has 0 amide bonds. The summed E-state index contributed by atoms with van der Waals surface area (Å²) in [5.74, 6) is 1.14. The van der Waals surface area contributed by atoms with Gasteiger partial charge in [0.05, 0.1) is 27.4 Å². The number of anilines is 1. The van der Waals surface area contributed by atoms with Crippen molar-refractivity contribution in [2.24, 2.45) is 0 Å². The molecule has 3 aromatic heterocycles. The monoisotopic (exact) mass is 569 g/mol. The highest BCUT2D eigenvalue weighted by Gasteiger charge is 2.35. The maximum absolute atomic E-state index is 13.8. The quantitative estimate of drug-likeness (QED) is 0.258. The van der Waals surface area contributed by atoms with Crippen LogP contribution in [0.5, 0.6) is 11.5 Å². The summed E-state index contributed by atoms with van der Waals surface area (Å²) in [6.07, 6.45) is 5.35. The number of methoxy groups -OCH3 is 2. The van der Waals surface area contributed by atoms with E-state index in [2.05, 4.69) is 29.9 Å². The molecule has 0 aliphatic rings. The fourth-order valence-corrected chi connectivity index (χ4v) is 5.11. The third-order valence-corrected chi connectivity index (χ3v) is 7.71. The lowest BCUT2D eigenvalue weighted by Crippen LogP contribution is -2.34. The van der Waals surface area contributed by atoms with Gasteiger partial charge in [-0.1, -0.05) is 6.07 Å². The second-order valence-electron chi connectivity index (χ2n) is 8.93. The fourth-order valence-electron chi connectivity index (χ4n) is 4.01. The van der Waals surface area contributed by atoms with Crippen LogP contribution in [0.25, 0.3) is 17.1 Å². The summed E-state index contributed by atoms with van der Waals surface area (Å²) in [6, 6.07) is 7.02. The van der Waals surface area contributed by atoms with Crippen LogP contribution in [-0.2, 0) is 14.8 Å². The van der Waals surface area contributed by atoms with E-state index in [4.69, 9.17) is 14.2 Å². The Morgan fingerprint density at radius 3 is 2.27 bits per heavy atom. The highest BCUT2D eigenvalue weighted by atomic mass is 32.2. The Bertz CT molecular complexity index is 1540. The van der Waals surface area contributed by atoms with Gasteiger partial charge in [0.1, 0.15) is 28.5 Å². The van der Waals surface area contributed by atoms with E-state index in [9.17, 15) is 13.5 Å². The van der Waals surface area contributed by atoms with E-state index in [1.165, 1.54) is 25.7 Å². The Hall–Kier alpha value is -4.14. The third kappa shape index (κ3) is 6.03. The molecule has 0 radical (unpaired) electrons. The predicted molar refractivity (Wildman–Crippen MR) is 147 cm³/mol. The molecule has 0 aliphatic heterocycles. The first kappa shape index (κ1) is 28.9. The Morgan fingerprint density at radius 2 is 1.68 bits per heavy atom.